The lowest BCUT2D eigenvalue weighted by molar-refractivity contribution is -0.142. The summed E-state index contributed by atoms with van der Waals surface area (Å²) in [6.45, 7) is 4.29. The first-order chi connectivity index (χ1) is 8.07. The van der Waals surface area contributed by atoms with Gasteiger partial charge in [-0.2, -0.15) is 0 Å². The molecule has 0 aromatic rings. The Labute approximate surface area is 103 Å². The molecule has 1 rings (SSSR count). The van der Waals surface area contributed by atoms with Crippen LogP contribution in [-0.4, -0.2) is 61.4 Å². The summed E-state index contributed by atoms with van der Waals surface area (Å²) >= 11 is 0. The van der Waals surface area contributed by atoms with Gasteiger partial charge >= 0.3 is 0 Å². The van der Waals surface area contributed by atoms with Crippen molar-refractivity contribution in [3.8, 4) is 0 Å². The maximum absolute atomic E-state index is 12.0. The van der Waals surface area contributed by atoms with Gasteiger partial charge < -0.3 is 15.1 Å². The van der Waals surface area contributed by atoms with Crippen molar-refractivity contribution >= 4 is 11.8 Å². The van der Waals surface area contributed by atoms with E-state index in [2.05, 4.69) is 5.32 Å². The average Bonchev–Trinajstić information content (AvgIpc) is 2.76. The van der Waals surface area contributed by atoms with Crippen LogP contribution in [0.1, 0.15) is 26.2 Å². The number of amides is 2. The van der Waals surface area contributed by atoms with Crippen LogP contribution in [0.4, 0.5) is 0 Å². The molecule has 0 radical (unpaired) electrons. The molecule has 0 saturated carbocycles. The molecule has 1 N–H and O–H groups in total. The maximum Gasteiger partial charge on any atom is 0.244 e. The van der Waals surface area contributed by atoms with Gasteiger partial charge in [0.05, 0.1) is 0 Å². The highest BCUT2D eigenvalue weighted by Crippen LogP contribution is 2.19. The Morgan fingerprint density at radius 3 is 2.71 bits per heavy atom. The van der Waals surface area contributed by atoms with Crippen molar-refractivity contribution in [2.24, 2.45) is 0 Å². The minimum atomic E-state index is -0.237. The fourth-order valence-electron chi connectivity index (χ4n) is 2.14. The molecule has 2 amide bonds. The minimum absolute atomic E-state index is 0.0410. The van der Waals surface area contributed by atoms with E-state index >= 15 is 0 Å². The van der Waals surface area contributed by atoms with Crippen molar-refractivity contribution in [2.75, 3.05) is 33.7 Å². The van der Waals surface area contributed by atoms with E-state index in [9.17, 15) is 9.59 Å². The van der Waals surface area contributed by atoms with Crippen molar-refractivity contribution in [2.45, 2.75) is 32.2 Å². The molecule has 0 bridgehead atoms. The van der Waals surface area contributed by atoms with Crippen LogP contribution in [0.2, 0.25) is 0 Å². The van der Waals surface area contributed by atoms with Crippen LogP contribution in [0.15, 0.2) is 0 Å². The summed E-state index contributed by atoms with van der Waals surface area (Å²) in [5, 5.41) is 3.13. The van der Waals surface area contributed by atoms with E-state index in [1.165, 1.54) is 0 Å². The van der Waals surface area contributed by atoms with Gasteiger partial charge in [-0.15, -0.1) is 0 Å². The quantitative estimate of drug-likeness (QED) is 0.693. The van der Waals surface area contributed by atoms with E-state index in [1.54, 1.807) is 23.9 Å². The van der Waals surface area contributed by atoms with Crippen LogP contribution in [0.3, 0.4) is 0 Å². The number of carbonyl (C=O) groups excluding carboxylic acids is 2. The van der Waals surface area contributed by atoms with Gasteiger partial charge in [-0.1, -0.05) is 6.92 Å². The van der Waals surface area contributed by atoms with Crippen molar-refractivity contribution in [3.05, 3.63) is 0 Å². The van der Waals surface area contributed by atoms with E-state index in [0.29, 0.717) is 13.0 Å². The summed E-state index contributed by atoms with van der Waals surface area (Å²) < 4.78 is 0. The molecule has 1 aliphatic heterocycles. The molecule has 0 aromatic carbocycles. The lowest BCUT2D eigenvalue weighted by Gasteiger charge is -2.26. The molecule has 0 aromatic heterocycles. The Bertz CT molecular complexity index is 279. The monoisotopic (exact) mass is 241 g/mol. The summed E-state index contributed by atoms with van der Waals surface area (Å²) in [6.07, 6.45) is 2.20. The molecule has 1 unspecified atom stereocenters. The first-order valence-corrected chi connectivity index (χ1v) is 6.29. The standard InChI is InChI=1S/C12H23N3O2/c1-4-13-8-7-11(16)15-9-5-6-10(15)12(17)14(2)3/h10,13H,4-9H2,1-3H3. The van der Waals surface area contributed by atoms with Gasteiger partial charge in [-0.05, 0) is 19.4 Å². The molecular formula is C12H23N3O2. The highest BCUT2D eigenvalue weighted by atomic mass is 16.2. The smallest absolute Gasteiger partial charge is 0.244 e. The fraction of sp³-hybridized carbons (Fsp3) is 0.833. The number of hydrogen-bond acceptors (Lipinski definition) is 3. The predicted molar refractivity (Wildman–Crippen MR) is 66.6 cm³/mol. The molecular weight excluding hydrogens is 218 g/mol. The molecule has 1 heterocycles. The van der Waals surface area contributed by atoms with E-state index in [-0.39, 0.29) is 17.9 Å². The summed E-state index contributed by atoms with van der Waals surface area (Å²) in [6, 6.07) is -0.237. The van der Waals surface area contributed by atoms with Crippen LogP contribution < -0.4 is 5.32 Å². The van der Waals surface area contributed by atoms with Gasteiger partial charge in [0.15, 0.2) is 0 Å². The predicted octanol–water partition coefficient (Wildman–Crippen LogP) is 0.0652. The van der Waals surface area contributed by atoms with Crippen LogP contribution in [0, 0.1) is 0 Å². The van der Waals surface area contributed by atoms with Crippen LogP contribution in [0.5, 0.6) is 0 Å². The van der Waals surface area contributed by atoms with Crippen molar-refractivity contribution in [1.29, 1.82) is 0 Å². The Morgan fingerprint density at radius 1 is 1.41 bits per heavy atom. The first-order valence-electron chi connectivity index (χ1n) is 6.29. The normalized spacial score (nSPS) is 19.5. The zero-order valence-corrected chi connectivity index (χ0v) is 11.0. The molecule has 5 nitrogen and oxygen atoms in total. The Morgan fingerprint density at radius 2 is 2.12 bits per heavy atom. The van der Waals surface area contributed by atoms with E-state index in [0.717, 1.165) is 25.9 Å². The number of nitrogens with one attached hydrogen (secondary N) is 1. The second-order valence-corrected chi connectivity index (χ2v) is 4.58. The number of rotatable bonds is 5. The van der Waals surface area contributed by atoms with Gasteiger partial charge in [0, 0.05) is 33.6 Å². The molecule has 1 atom stereocenters. The maximum atomic E-state index is 12.0. The Balaban J connectivity index is 2.51. The zero-order valence-electron chi connectivity index (χ0n) is 11.0. The zero-order chi connectivity index (χ0) is 12.8. The number of hydrogen-bond donors (Lipinski definition) is 1. The van der Waals surface area contributed by atoms with Gasteiger partial charge in [-0.3, -0.25) is 9.59 Å². The minimum Gasteiger partial charge on any atom is -0.347 e. The molecule has 1 saturated heterocycles. The molecule has 17 heavy (non-hydrogen) atoms. The largest absolute Gasteiger partial charge is 0.347 e. The summed E-state index contributed by atoms with van der Waals surface area (Å²) in [4.78, 5) is 27.2. The lowest BCUT2D eigenvalue weighted by Crippen LogP contribution is -2.46. The summed E-state index contributed by atoms with van der Waals surface area (Å²) in [7, 11) is 3.48. The van der Waals surface area contributed by atoms with Crippen LogP contribution >= 0.6 is 0 Å². The second-order valence-electron chi connectivity index (χ2n) is 4.58. The number of likely N-dealkylation sites (N-methyl/N-ethyl adjacent to an activating group) is 1. The third-order valence-electron chi connectivity index (χ3n) is 3.06. The average molecular weight is 241 g/mol. The molecule has 5 heteroatoms. The number of likely N-dealkylation sites (tertiary alicyclic amines) is 1. The highest BCUT2D eigenvalue weighted by Gasteiger charge is 2.34. The SMILES string of the molecule is CCNCCC(=O)N1CCCC1C(=O)N(C)C. The van der Waals surface area contributed by atoms with Crippen LogP contribution in [0.25, 0.3) is 0 Å². The second kappa shape index (κ2) is 6.59. The van der Waals surface area contributed by atoms with Gasteiger partial charge in [0.2, 0.25) is 11.8 Å². The number of carbonyl (C=O) groups is 2. The lowest BCUT2D eigenvalue weighted by atomic mass is 10.2. The first kappa shape index (κ1) is 14.0. The fourth-order valence-corrected chi connectivity index (χ4v) is 2.14. The van der Waals surface area contributed by atoms with Crippen molar-refractivity contribution < 1.29 is 9.59 Å². The number of nitrogens with zero attached hydrogens (tertiary/aromatic N) is 2. The molecule has 1 fully saturated rings. The van der Waals surface area contributed by atoms with Crippen molar-refractivity contribution in [1.82, 2.24) is 15.1 Å². The van der Waals surface area contributed by atoms with E-state index in [4.69, 9.17) is 0 Å². The van der Waals surface area contributed by atoms with Gasteiger partial charge in [0.25, 0.3) is 0 Å². The van der Waals surface area contributed by atoms with Gasteiger partial charge in [-0.25, -0.2) is 0 Å². The summed E-state index contributed by atoms with van der Waals surface area (Å²) in [5.41, 5.74) is 0. The highest BCUT2D eigenvalue weighted by molar-refractivity contribution is 5.88. The van der Waals surface area contributed by atoms with E-state index in [1.807, 2.05) is 6.92 Å². The van der Waals surface area contributed by atoms with Crippen LogP contribution in [-0.2, 0) is 9.59 Å². The summed E-state index contributed by atoms with van der Waals surface area (Å²) in [5.74, 6) is 0.128. The molecule has 0 aliphatic carbocycles. The molecule has 0 spiro atoms. The van der Waals surface area contributed by atoms with E-state index < -0.39 is 0 Å². The van der Waals surface area contributed by atoms with Crippen molar-refractivity contribution in [3.63, 3.8) is 0 Å². The molecule has 98 valence electrons. The Kier molecular flexibility index (Phi) is 5.41. The third-order valence-corrected chi connectivity index (χ3v) is 3.06. The van der Waals surface area contributed by atoms with Gasteiger partial charge in [0.1, 0.15) is 6.04 Å². The topological polar surface area (TPSA) is 52.7 Å². The molecule has 1 aliphatic rings. The third kappa shape index (κ3) is 3.70. The Hall–Kier alpha value is -1.10.